The van der Waals surface area contributed by atoms with Gasteiger partial charge in [0, 0.05) is 32.7 Å². The molecule has 0 aliphatic carbocycles. The van der Waals surface area contributed by atoms with Gasteiger partial charge in [0.05, 0.1) is 16.7 Å². The molecule has 0 aromatic carbocycles. The number of carbonyl (C=O) groups is 4. The van der Waals surface area contributed by atoms with E-state index in [0.29, 0.717) is 0 Å². The second kappa shape index (κ2) is 11.8. The Morgan fingerprint density at radius 2 is 1.61 bits per heavy atom. The Kier molecular flexibility index (Phi) is 11.0. The van der Waals surface area contributed by atoms with Gasteiger partial charge >= 0.3 is 5.97 Å². The van der Waals surface area contributed by atoms with E-state index in [4.69, 9.17) is 5.11 Å². The number of nitrogens with zero attached hydrogens (tertiary/aromatic N) is 1. The summed E-state index contributed by atoms with van der Waals surface area (Å²) in [6, 6.07) is 0. The minimum Gasteiger partial charge on any atom is -0.481 e. The smallest absolute Gasteiger partial charge is 0.303 e. The van der Waals surface area contributed by atoms with E-state index < -0.39 is 10.6 Å². The van der Waals surface area contributed by atoms with Gasteiger partial charge in [0.2, 0.25) is 5.91 Å². The minimum absolute atomic E-state index is 0.0374. The summed E-state index contributed by atoms with van der Waals surface area (Å²) in [5, 5.41) is 13.0. The monoisotopic (exact) mass is 362 g/mol. The largest absolute Gasteiger partial charge is 0.481 e. The Morgan fingerprint density at radius 3 is 2.04 bits per heavy atom. The Bertz CT molecular complexity index is 495. The highest BCUT2D eigenvalue weighted by molar-refractivity contribution is 8.29. The highest BCUT2D eigenvalue weighted by Crippen LogP contribution is 2.27. The standard InChI is InChI=1S/C13H18N2O6S2/c1-8(15-21)3-5-11(19)22-13(7-14-9(2)16)23-12(20)6-4-10(17)18/h13H,1,3-7H2,2H3,(H,14,16)(H,17,18). The molecule has 1 amide bonds. The normalized spacial score (nSPS) is 11.3. The maximum atomic E-state index is 11.8. The highest BCUT2D eigenvalue weighted by Gasteiger charge is 2.20. The van der Waals surface area contributed by atoms with E-state index in [-0.39, 0.29) is 54.1 Å². The molecule has 0 fully saturated rings. The van der Waals surface area contributed by atoms with Crippen molar-refractivity contribution in [2.45, 2.75) is 37.2 Å². The molecule has 0 saturated heterocycles. The molecule has 0 aromatic rings. The molecule has 8 nitrogen and oxygen atoms in total. The second-order valence-corrected chi connectivity index (χ2v) is 7.22. The van der Waals surface area contributed by atoms with Gasteiger partial charge in [-0.1, -0.05) is 30.1 Å². The molecule has 0 aromatic heterocycles. The quantitative estimate of drug-likeness (QED) is 0.421. The zero-order chi connectivity index (χ0) is 17.8. The first-order valence-electron chi connectivity index (χ1n) is 6.61. The van der Waals surface area contributed by atoms with Crippen molar-refractivity contribution in [2.75, 3.05) is 6.54 Å². The van der Waals surface area contributed by atoms with Gasteiger partial charge in [0.15, 0.2) is 10.2 Å². The van der Waals surface area contributed by atoms with Gasteiger partial charge in [0.1, 0.15) is 0 Å². The van der Waals surface area contributed by atoms with Crippen LogP contribution in [0.1, 0.15) is 32.6 Å². The van der Waals surface area contributed by atoms with Crippen LogP contribution in [0.25, 0.3) is 0 Å². The molecular weight excluding hydrogens is 344 g/mol. The van der Waals surface area contributed by atoms with Crippen molar-refractivity contribution in [3.8, 4) is 0 Å². The van der Waals surface area contributed by atoms with Gasteiger partial charge in [-0.3, -0.25) is 19.2 Å². The molecule has 1 atom stereocenters. The minimum atomic E-state index is -1.08. The van der Waals surface area contributed by atoms with Crippen LogP contribution in [0.3, 0.4) is 0 Å². The summed E-state index contributed by atoms with van der Waals surface area (Å²) in [4.78, 5) is 55.1. The fourth-order valence-electron chi connectivity index (χ4n) is 1.25. The number of carboxylic acids is 1. The van der Waals surface area contributed by atoms with Gasteiger partial charge in [-0.2, -0.15) is 0 Å². The van der Waals surface area contributed by atoms with Gasteiger partial charge in [-0.15, -0.1) is 4.91 Å². The Morgan fingerprint density at radius 1 is 1.09 bits per heavy atom. The molecule has 0 heterocycles. The fraction of sp³-hybridized carbons (Fsp3) is 0.538. The molecule has 0 rings (SSSR count). The summed E-state index contributed by atoms with van der Waals surface area (Å²) in [5.74, 6) is -1.39. The van der Waals surface area contributed by atoms with Crippen molar-refractivity contribution in [3.63, 3.8) is 0 Å². The van der Waals surface area contributed by atoms with E-state index in [2.05, 4.69) is 17.1 Å². The number of hydrogen-bond donors (Lipinski definition) is 2. The highest BCUT2D eigenvalue weighted by atomic mass is 32.2. The van der Waals surface area contributed by atoms with Crippen LogP contribution in [0.4, 0.5) is 0 Å². The van der Waals surface area contributed by atoms with E-state index in [0.717, 1.165) is 23.5 Å². The predicted molar refractivity (Wildman–Crippen MR) is 88.7 cm³/mol. The summed E-state index contributed by atoms with van der Waals surface area (Å²) in [6.45, 7) is 4.75. The van der Waals surface area contributed by atoms with Crippen LogP contribution in [0, 0.1) is 4.91 Å². The maximum absolute atomic E-state index is 11.8. The molecule has 0 aliphatic rings. The second-order valence-electron chi connectivity index (χ2n) is 4.40. The third kappa shape index (κ3) is 12.5. The van der Waals surface area contributed by atoms with Crippen LogP contribution >= 0.6 is 23.5 Å². The molecule has 23 heavy (non-hydrogen) atoms. The van der Waals surface area contributed by atoms with Crippen LogP contribution in [-0.4, -0.2) is 38.3 Å². The number of aliphatic carboxylic acids is 1. The first kappa shape index (κ1) is 21.3. The molecule has 0 radical (unpaired) electrons. The molecule has 2 N–H and O–H groups in total. The van der Waals surface area contributed by atoms with Gasteiger partial charge < -0.3 is 10.4 Å². The van der Waals surface area contributed by atoms with Crippen molar-refractivity contribution in [2.24, 2.45) is 5.18 Å². The lowest BCUT2D eigenvalue weighted by atomic mass is 10.3. The summed E-state index contributed by atoms with van der Waals surface area (Å²) in [5.41, 5.74) is 0.0579. The topological polar surface area (TPSA) is 130 Å². The lowest BCUT2D eigenvalue weighted by molar-refractivity contribution is -0.138. The summed E-state index contributed by atoms with van der Waals surface area (Å²) in [7, 11) is 0. The number of carboxylic acid groups (broad SMARTS) is 1. The Balaban J connectivity index is 4.48. The van der Waals surface area contributed by atoms with E-state index in [1.165, 1.54) is 6.92 Å². The zero-order valence-corrected chi connectivity index (χ0v) is 14.2. The van der Waals surface area contributed by atoms with Crippen molar-refractivity contribution >= 4 is 45.6 Å². The molecule has 0 saturated carbocycles. The number of carbonyl (C=O) groups excluding carboxylic acids is 3. The van der Waals surface area contributed by atoms with Crippen molar-refractivity contribution < 1.29 is 24.3 Å². The van der Waals surface area contributed by atoms with E-state index in [9.17, 15) is 24.1 Å². The van der Waals surface area contributed by atoms with Gasteiger partial charge in [-0.25, -0.2) is 0 Å². The Hall–Kier alpha value is -1.68. The number of nitrogens with one attached hydrogen (secondary N) is 1. The molecule has 0 spiro atoms. The van der Waals surface area contributed by atoms with Gasteiger partial charge in [-0.05, 0) is 5.18 Å². The summed E-state index contributed by atoms with van der Waals surface area (Å²) in [6.07, 6.45) is -0.283. The third-order valence-corrected chi connectivity index (χ3v) is 4.70. The van der Waals surface area contributed by atoms with Crippen LogP contribution in [0.5, 0.6) is 0 Å². The van der Waals surface area contributed by atoms with Crippen LogP contribution in [0.15, 0.2) is 17.5 Å². The molecular formula is C13H18N2O6S2. The van der Waals surface area contributed by atoms with Crippen LogP contribution < -0.4 is 5.32 Å². The number of thioether (sulfide) groups is 2. The Labute approximate surface area is 141 Å². The molecule has 10 heteroatoms. The fourth-order valence-corrected chi connectivity index (χ4v) is 3.44. The summed E-state index contributed by atoms with van der Waals surface area (Å²) >= 11 is 1.67. The van der Waals surface area contributed by atoms with Crippen molar-refractivity contribution in [1.29, 1.82) is 0 Å². The van der Waals surface area contributed by atoms with Crippen LogP contribution in [-0.2, 0) is 19.2 Å². The average Bonchev–Trinajstić information content (AvgIpc) is 2.48. The lowest BCUT2D eigenvalue weighted by Gasteiger charge is -2.14. The third-order valence-electron chi connectivity index (χ3n) is 2.33. The predicted octanol–water partition coefficient (Wildman–Crippen LogP) is 1.89. The number of hydrogen-bond acceptors (Lipinski definition) is 8. The SMILES string of the molecule is C=C(CCC(=O)SC(CNC(C)=O)SC(=O)CCC(=O)O)N=O. The van der Waals surface area contributed by atoms with Crippen molar-refractivity contribution in [1.82, 2.24) is 5.32 Å². The lowest BCUT2D eigenvalue weighted by Crippen LogP contribution is -2.28. The van der Waals surface area contributed by atoms with Crippen molar-refractivity contribution in [3.05, 3.63) is 17.2 Å². The van der Waals surface area contributed by atoms with E-state index in [1.54, 1.807) is 0 Å². The first-order chi connectivity index (χ1) is 10.7. The molecule has 0 aliphatic heterocycles. The van der Waals surface area contributed by atoms with E-state index in [1.807, 2.05) is 0 Å². The molecule has 0 bridgehead atoms. The maximum Gasteiger partial charge on any atom is 0.303 e. The van der Waals surface area contributed by atoms with E-state index >= 15 is 0 Å². The van der Waals surface area contributed by atoms with Crippen LogP contribution in [0.2, 0.25) is 0 Å². The summed E-state index contributed by atoms with van der Waals surface area (Å²) < 4.78 is -0.565. The molecule has 1 unspecified atom stereocenters. The zero-order valence-electron chi connectivity index (χ0n) is 12.6. The number of nitroso groups, excluding NO2 is 1. The number of allylic oxidation sites excluding steroid dienone is 1. The molecule has 128 valence electrons. The average molecular weight is 362 g/mol. The van der Waals surface area contributed by atoms with Gasteiger partial charge in [0.25, 0.3) is 0 Å². The number of rotatable bonds is 11. The number of amides is 1. The first-order valence-corrected chi connectivity index (χ1v) is 8.36.